The summed E-state index contributed by atoms with van der Waals surface area (Å²) < 4.78 is 49.0. The minimum Gasteiger partial charge on any atom is -0.282 e. The van der Waals surface area contributed by atoms with E-state index < -0.39 is 18.8 Å². The summed E-state index contributed by atoms with van der Waals surface area (Å²) in [6.07, 6.45) is -6.68. The Morgan fingerprint density at radius 1 is 1.15 bits per heavy atom. The highest BCUT2D eigenvalue weighted by molar-refractivity contribution is 8.14. The summed E-state index contributed by atoms with van der Waals surface area (Å²) in [7, 11) is 0. The summed E-state index contributed by atoms with van der Waals surface area (Å²) in [4.78, 5) is 11.7. The highest BCUT2D eigenvalue weighted by atomic mass is 32.2. The van der Waals surface area contributed by atoms with Crippen molar-refractivity contribution in [3.63, 3.8) is 0 Å². The lowest BCUT2D eigenvalue weighted by atomic mass is 10.1. The molecule has 1 aromatic carbocycles. The van der Waals surface area contributed by atoms with E-state index in [9.17, 15) is 22.4 Å². The number of hydrogen-bond donors (Lipinski definition) is 0. The fraction of sp³-hybridized carbons (Fsp3) is 0.500. The Labute approximate surface area is 119 Å². The number of thioether (sulfide) groups is 1. The maximum atomic E-state index is 13.3. The molecular weight excluding hydrogens is 292 g/mol. The molecule has 0 aliphatic heterocycles. The highest BCUT2D eigenvalue weighted by Gasteiger charge is 2.26. The van der Waals surface area contributed by atoms with E-state index in [-0.39, 0.29) is 30.1 Å². The number of benzene rings is 1. The van der Waals surface area contributed by atoms with Crippen LogP contribution in [0.15, 0.2) is 30.3 Å². The molecule has 0 saturated carbocycles. The van der Waals surface area contributed by atoms with Crippen molar-refractivity contribution in [1.82, 2.24) is 0 Å². The van der Waals surface area contributed by atoms with E-state index in [1.54, 1.807) is 30.3 Å². The number of halogens is 4. The zero-order valence-corrected chi connectivity index (χ0v) is 11.6. The molecule has 0 saturated heterocycles. The molecule has 112 valence electrons. The molecule has 0 bridgehead atoms. The lowest BCUT2D eigenvalue weighted by Crippen LogP contribution is -2.09. The minimum atomic E-state index is -4.22. The lowest BCUT2D eigenvalue weighted by Gasteiger charge is -2.09. The van der Waals surface area contributed by atoms with Gasteiger partial charge in [0.25, 0.3) is 0 Å². The third-order valence-corrected chi connectivity index (χ3v) is 3.59. The predicted molar refractivity (Wildman–Crippen MR) is 72.6 cm³/mol. The molecule has 0 fully saturated rings. The van der Waals surface area contributed by atoms with Gasteiger partial charge in [0, 0.05) is 17.7 Å². The first kappa shape index (κ1) is 17.0. The molecule has 20 heavy (non-hydrogen) atoms. The molecule has 0 heterocycles. The van der Waals surface area contributed by atoms with Crippen molar-refractivity contribution in [2.75, 3.05) is 5.75 Å². The van der Waals surface area contributed by atoms with E-state index in [1.165, 1.54) is 0 Å². The molecule has 0 spiro atoms. The van der Waals surface area contributed by atoms with Gasteiger partial charge in [0.05, 0.1) is 0 Å². The topological polar surface area (TPSA) is 17.1 Å². The van der Waals surface area contributed by atoms with E-state index in [2.05, 4.69) is 0 Å². The predicted octanol–water partition coefficient (Wildman–Crippen LogP) is 5.02. The Morgan fingerprint density at radius 3 is 2.40 bits per heavy atom. The van der Waals surface area contributed by atoms with Crippen LogP contribution in [0.4, 0.5) is 17.6 Å². The number of rotatable bonds is 7. The third kappa shape index (κ3) is 7.53. The minimum absolute atomic E-state index is 0.0983. The van der Waals surface area contributed by atoms with Crippen molar-refractivity contribution in [2.24, 2.45) is 0 Å². The van der Waals surface area contributed by atoms with Gasteiger partial charge < -0.3 is 0 Å². The average molecular weight is 308 g/mol. The first-order valence-corrected chi connectivity index (χ1v) is 7.30. The second-order valence-corrected chi connectivity index (χ2v) is 5.46. The number of carbonyl (C=O) groups excluding carboxylic acids is 1. The maximum Gasteiger partial charge on any atom is 0.389 e. The first-order valence-electron chi connectivity index (χ1n) is 6.31. The van der Waals surface area contributed by atoms with Crippen molar-refractivity contribution in [3.8, 4) is 0 Å². The quantitative estimate of drug-likeness (QED) is 0.658. The molecule has 1 rings (SSSR count). The van der Waals surface area contributed by atoms with Crippen molar-refractivity contribution in [3.05, 3.63) is 35.9 Å². The van der Waals surface area contributed by atoms with Crippen LogP contribution in [0.1, 0.15) is 36.0 Å². The van der Waals surface area contributed by atoms with Crippen LogP contribution in [-0.4, -0.2) is 23.2 Å². The summed E-state index contributed by atoms with van der Waals surface area (Å²) >= 11 is 0.996. The fourth-order valence-corrected chi connectivity index (χ4v) is 2.47. The van der Waals surface area contributed by atoms with Crippen LogP contribution >= 0.6 is 11.8 Å². The Balaban J connectivity index is 2.16. The molecular formula is C14H16F4OS. The molecule has 1 unspecified atom stereocenters. The van der Waals surface area contributed by atoms with Crippen LogP contribution < -0.4 is 0 Å². The summed E-state index contributed by atoms with van der Waals surface area (Å²) in [6, 6.07) is 8.61. The number of hydrogen-bond acceptors (Lipinski definition) is 2. The van der Waals surface area contributed by atoms with Gasteiger partial charge in [0.15, 0.2) is 0 Å². The van der Waals surface area contributed by atoms with E-state index >= 15 is 0 Å². The van der Waals surface area contributed by atoms with E-state index in [0.29, 0.717) is 5.56 Å². The summed E-state index contributed by atoms with van der Waals surface area (Å²) in [5, 5.41) is -0.145. The number of alkyl halides is 4. The largest absolute Gasteiger partial charge is 0.389 e. The first-order chi connectivity index (χ1) is 9.38. The van der Waals surface area contributed by atoms with Gasteiger partial charge in [-0.3, -0.25) is 4.79 Å². The van der Waals surface area contributed by atoms with E-state index in [4.69, 9.17) is 0 Å². The standard InChI is InChI=1S/C14H16F4OS/c15-12(7-4-9-14(16,17)18)8-10-20-13(19)11-5-2-1-3-6-11/h1-3,5-6,12H,4,7-10H2. The molecule has 0 aliphatic carbocycles. The van der Waals surface area contributed by atoms with Crippen LogP contribution in [0.25, 0.3) is 0 Å². The number of carbonyl (C=O) groups is 1. The van der Waals surface area contributed by atoms with Crippen LogP contribution in [0.2, 0.25) is 0 Å². The van der Waals surface area contributed by atoms with Gasteiger partial charge in [0.1, 0.15) is 6.17 Å². The molecule has 6 heteroatoms. The second-order valence-electron chi connectivity index (χ2n) is 4.40. The van der Waals surface area contributed by atoms with Gasteiger partial charge in [-0.05, 0) is 19.3 Å². The molecule has 1 nitrogen and oxygen atoms in total. The van der Waals surface area contributed by atoms with Gasteiger partial charge in [-0.2, -0.15) is 13.2 Å². The monoisotopic (exact) mass is 308 g/mol. The van der Waals surface area contributed by atoms with Crippen molar-refractivity contribution in [1.29, 1.82) is 0 Å². The van der Waals surface area contributed by atoms with Gasteiger partial charge in [0.2, 0.25) is 5.12 Å². The molecule has 0 amide bonds. The van der Waals surface area contributed by atoms with Crippen LogP contribution in [0, 0.1) is 0 Å². The molecule has 1 aromatic rings. The zero-order chi connectivity index (χ0) is 15.0. The summed E-state index contributed by atoms with van der Waals surface area (Å²) in [5.74, 6) is 0.279. The Morgan fingerprint density at radius 2 is 1.80 bits per heavy atom. The van der Waals surface area contributed by atoms with Crippen molar-refractivity contribution < 1.29 is 22.4 Å². The van der Waals surface area contributed by atoms with Crippen LogP contribution in [0.5, 0.6) is 0 Å². The van der Waals surface area contributed by atoms with Crippen molar-refractivity contribution in [2.45, 2.75) is 38.0 Å². The zero-order valence-electron chi connectivity index (χ0n) is 10.8. The molecule has 0 aromatic heterocycles. The lowest BCUT2D eigenvalue weighted by molar-refractivity contribution is -0.136. The Bertz CT molecular complexity index is 405. The molecule has 0 radical (unpaired) electrons. The molecule has 1 atom stereocenters. The van der Waals surface area contributed by atoms with Crippen LogP contribution in [-0.2, 0) is 0 Å². The van der Waals surface area contributed by atoms with Crippen molar-refractivity contribution >= 4 is 16.9 Å². The van der Waals surface area contributed by atoms with E-state index in [1.807, 2.05) is 0 Å². The van der Waals surface area contributed by atoms with Gasteiger partial charge in [-0.25, -0.2) is 4.39 Å². The maximum absolute atomic E-state index is 13.3. The smallest absolute Gasteiger partial charge is 0.282 e. The average Bonchev–Trinajstić information content (AvgIpc) is 2.38. The summed E-state index contributed by atoms with van der Waals surface area (Å²) in [5.41, 5.74) is 0.546. The van der Waals surface area contributed by atoms with Gasteiger partial charge in [-0.1, -0.05) is 42.1 Å². The third-order valence-electron chi connectivity index (χ3n) is 2.65. The van der Waals surface area contributed by atoms with Gasteiger partial charge >= 0.3 is 6.18 Å². The Kier molecular flexibility index (Phi) is 7.05. The molecule has 0 aliphatic rings. The van der Waals surface area contributed by atoms with Gasteiger partial charge in [-0.15, -0.1) is 0 Å². The van der Waals surface area contributed by atoms with E-state index in [0.717, 1.165) is 11.8 Å². The highest BCUT2D eigenvalue weighted by Crippen LogP contribution is 2.24. The second kappa shape index (κ2) is 8.29. The SMILES string of the molecule is O=C(SCCC(F)CCCC(F)(F)F)c1ccccc1. The van der Waals surface area contributed by atoms with Crippen LogP contribution in [0.3, 0.4) is 0 Å². The Hall–Kier alpha value is -1.04. The normalized spacial score (nSPS) is 13.2. The fourth-order valence-electron chi connectivity index (χ4n) is 1.61. The molecule has 0 N–H and O–H groups in total. The summed E-state index contributed by atoms with van der Waals surface area (Å²) in [6.45, 7) is 0.